The number of likely N-dealkylation sites (tertiary alicyclic amines) is 1. The van der Waals surface area contributed by atoms with Crippen LogP contribution < -0.4 is 10.6 Å². The van der Waals surface area contributed by atoms with Crippen LogP contribution in [0, 0.1) is 5.92 Å². The highest BCUT2D eigenvalue weighted by atomic mass is 16.5. The van der Waals surface area contributed by atoms with Crippen LogP contribution in [-0.2, 0) is 9.53 Å². The zero-order valence-electron chi connectivity index (χ0n) is 17.2. The summed E-state index contributed by atoms with van der Waals surface area (Å²) in [7, 11) is 1.82. The summed E-state index contributed by atoms with van der Waals surface area (Å²) >= 11 is 0. The number of guanidine groups is 1. The molecule has 1 fully saturated rings. The second-order valence-electron chi connectivity index (χ2n) is 7.27. The van der Waals surface area contributed by atoms with Gasteiger partial charge in [-0.25, -0.2) is 0 Å². The summed E-state index contributed by atoms with van der Waals surface area (Å²) in [5.41, 5.74) is 0. The van der Waals surface area contributed by atoms with E-state index in [1.165, 1.54) is 32.5 Å². The molecule has 0 aromatic carbocycles. The number of rotatable bonds is 12. The SMILES string of the molecule is CCOC(=O)CCCCCCNC(=NC)NCCCN1CCC(C)CC1. The second-order valence-corrected chi connectivity index (χ2v) is 7.27. The maximum absolute atomic E-state index is 11.2. The standard InChI is InChI=1S/C20H40N4O2/c1-4-26-19(25)10-7-5-6-8-13-22-20(21-3)23-14-9-15-24-16-11-18(2)12-17-24/h18H,4-17H2,1-3H3,(H2,21,22,23). The molecule has 1 aliphatic heterocycles. The number of carbonyl (C=O) groups excluding carboxylic acids is 1. The highest BCUT2D eigenvalue weighted by Gasteiger charge is 2.14. The molecule has 0 atom stereocenters. The van der Waals surface area contributed by atoms with Gasteiger partial charge in [0.15, 0.2) is 5.96 Å². The summed E-state index contributed by atoms with van der Waals surface area (Å²) in [4.78, 5) is 18.1. The smallest absolute Gasteiger partial charge is 0.305 e. The Kier molecular flexibility index (Phi) is 13.0. The van der Waals surface area contributed by atoms with Gasteiger partial charge in [-0.3, -0.25) is 9.79 Å². The molecule has 1 heterocycles. The fourth-order valence-electron chi connectivity index (χ4n) is 3.20. The van der Waals surface area contributed by atoms with Crippen molar-refractivity contribution in [3.05, 3.63) is 0 Å². The lowest BCUT2D eigenvalue weighted by atomic mass is 9.99. The van der Waals surface area contributed by atoms with Crippen LogP contribution in [-0.4, -0.2) is 63.2 Å². The number of ether oxygens (including phenoxy) is 1. The number of unbranched alkanes of at least 4 members (excludes halogenated alkanes) is 3. The van der Waals surface area contributed by atoms with E-state index in [0.29, 0.717) is 13.0 Å². The predicted octanol–water partition coefficient (Wildman–Crippen LogP) is 2.79. The monoisotopic (exact) mass is 368 g/mol. The Morgan fingerprint density at radius 3 is 2.38 bits per heavy atom. The van der Waals surface area contributed by atoms with Crippen LogP contribution in [0.15, 0.2) is 4.99 Å². The topological polar surface area (TPSA) is 66.0 Å². The fourth-order valence-corrected chi connectivity index (χ4v) is 3.20. The Hall–Kier alpha value is -1.30. The summed E-state index contributed by atoms with van der Waals surface area (Å²) in [5.74, 6) is 1.72. The molecule has 0 aliphatic carbocycles. The number of piperidine rings is 1. The maximum atomic E-state index is 11.2. The Bertz CT molecular complexity index is 393. The number of carbonyl (C=O) groups is 1. The van der Waals surface area contributed by atoms with Crippen LogP contribution in [0.1, 0.15) is 65.2 Å². The third kappa shape index (κ3) is 11.3. The lowest BCUT2D eigenvalue weighted by molar-refractivity contribution is -0.143. The summed E-state index contributed by atoms with van der Waals surface area (Å²) in [5, 5.41) is 6.77. The van der Waals surface area contributed by atoms with Gasteiger partial charge >= 0.3 is 5.97 Å². The molecule has 0 radical (unpaired) electrons. The Morgan fingerprint density at radius 1 is 1.08 bits per heavy atom. The van der Waals surface area contributed by atoms with E-state index in [2.05, 4.69) is 27.4 Å². The van der Waals surface area contributed by atoms with Crippen LogP contribution in [0.25, 0.3) is 0 Å². The van der Waals surface area contributed by atoms with Crippen molar-refractivity contribution in [3.8, 4) is 0 Å². The minimum atomic E-state index is -0.0747. The Morgan fingerprint density at radius 2 is 1.73 bits per heavy atom. The molecule has 0 aromatic heterocycles. The molecule has 6 nitrogen and oxygen atoms in total. The number of aliphatic imine (C=N–C) groups is 1. The van der Waals surface area contributed by atoms with Gasteiger partial charge in [0.2, 0.25) is 0 Å². The molecular weight excluding hydrogens is 328 g/mol. The van der Waals surface area contributed by atoms with Gasteiger partial charge in [-0.15, -0.1) is 0 Å². The van der Waals surface area contributed by atoms with E-state index in [0.717, 1.165) is 57.1 Å². The average molecular weight is 369 g/mol. The van der Waals surface area contributed by atoms with Crippen molar-refractivity contribution in [1.82, 2.24) is 15.5 Å². The molecule has 0 unspecified atom stereocenters. The Labute approximate surface area is 160 Å². The third-order valence-electron chi connectivity index (χ3n) is 4.95. The van der Waals surface area contributed by atoms with Gasteiger partial charge in [0.05, 0.1) is 6.61 Å². The van der Waals surface area contributed by atoms with E-state index in [4.69, 9.17) is 4.74 Å². The average Bonchev–Trinajstić information content (AvgIpc) is 2.64. The molecule has 0 spiro atoms. The molecule has 0 bridgehead atoms. The fraction of sp³-hybridized carbons (Fsp3) is 0.900. The number of hydrogen-bond acceptors (Lipinski definition) is 4. The number of hydrogen-bond donors (Lipinski definition) is 2. The summed E-state index contributed by atoms with van der Waals surface area (Å²) in [6.45, 7) is 10.2. The van der Waals surface area contributed by atoms with Crippen molar-refractivity contribution in [2.24, 2.45) is 10.9 Å². The normalized spacial score (nSPS) is 16.5. The highest BCUT2D eigenvalue weighted by molar-refractivity contribution is 5.79. The first-order chi connectivity index (χ1) is 12.7. The van der Waals surface area contributed by atoms with Crippen molar-refractivity contribution >= 4 is 11.9 Å². The molecule has 0 saturated carbocycles. The van der Waals surface area contributed by atoms with Crippen molar-refractivity contribution in [2.75, 3.05) is 46.4 Å². The van der Waals surface area contributed by atoms with Gasteiger partial charge in [-0.2, -0.15) is 0 Å². The van der Waals surface area contributed by atoms with E-state index >= 15 is 0 Å². The zero-order valence-corrected chi connectivity index (χ0v) is 17.2. The first-order valence-corrected chi connectivity index (χ1v) is 10.5. The van der Waals surface area contributed by atoms with Crippen LogP contribution >= 0.6 is 0 Å². The molecule has 1 aliphatic rings. The third-order valence-corrected chi connectivity index (χ3v) is 4.95. The van der Waals surface area contributed by atoms with Gasteiger partial charge < -0.3 is 20.3 Å². The number of nitrogens with one attached hydrogen (secondary N) is 2. The van der Waals surface area contributed by atoms with E-state index < -0.39 is 0 Å². The first-order valence-electron chi connectivity index (χ1n) is 10.5. The lowest BCUT2D eigenvalue weighted by Gasteiger charge is -2.30. The molecule has 152 valence electrons. The second kappa shape index (κ2) is 14.8. The first kappa shape index (κ1) is 22.7. The Balaban J connectivity index is 1.94. The predicted molar refractivity (Wildman–Crippen MR) is 109 cm³/mol. The molecule has 0 amide bonds. The van der Waals surface area contributed by atoms with E-state index in [1.807, 2.05) is 14.0 Å². The van der Waals surface area contributed by atoms with Crippen molar-refractivity contribution < 1.29 is 9.53 Å². The summed E-state index contributed by atoms with van der Waals surface area (Å²) in [6.07, 6.45) is 8.59. The lowest BCUT2D eigenvalue weighted by Crippen LogP contribution is -2.40. The summed E-state index contributed by atoms with van der Waals surface area (Å²) < 4.78 is 4.93. The molecule has 1 rings (SSSR count). The van der Waals surface area contributed by atoms with Crippen LogP contribution in [0.5, 0.6) is 0 Å². The van der Waals surface area contributed by atoms with Crippen LogP contribution in [0.4, 0.5) is 0 Å². The molecular formula is C20H40N4O2. The van der Waals surface area contributed by atoms with E-state index in [1.54, 1.807) is 0 Å². The van der Waals surface area contributed by atoms with Gasteiger partial charge in [0, 0.05) is 26.6 Å². The summed E-state index contributed by atoms with van der Waals surface area (Å²) in [6, 6.07) is 0. The number of nitrogens with zero attached hydrogens (tertiary/aromatic N) is 2. The minimum Gasteiger partial charge on any atom is -0.466 e. The largest absolute Gasteiger partial charge is 0.466 e. The number of esters is 1. The van der Waals surface area contributed by atoms with Crippen LogP contribution in [0.2, 0.25) is 0 Å². The van der Waals surface area contributed by atoms with Crippen LogP contribution in [0.3, 0.4) is 0 Å². The molecule has 2 N–H and O–H groups in total. The van der Waals surface area contributed by atoms with E-state index in [-0.39, 0.29) is 5.97 Å². The molecule has 6 heteroatoms. The van der Waals surface area contributed by atoms with Gasteiger partial charge in [0.25, 0.3) is 0 Å². The zero-order chi connectivity index (χ0) is 19.0. The van der Waals surface area contributed by atoms with Crippen molar-refractivity contribution in [1.29, 1.82) is 0 Å². The van der Waals surface area contributed by atoms with Crippen molar-refractivity contribution in [3.63, 3.8) is 0 Å². The van der Waals surface area contributed by atoms with Crippen molar-refractivity contribution in [2.45, 2.75) is 65.2 Å². The van der Waals surface area contributed by atoms with E-state index in [9.17, 15) is 4.79 Å². The molecule has 26 heavy (non-hydrogen) atoms. The molecule has 0 aromatic rings. The van der Waals surface area contributed by atoms with Gasteiger partial charge in [-0.05, 0) is 64.6 Å². The quantitative estimate of drug-likeness (QED) is 0.240. The van der Waals surface area contributed by atoms with Gasteiger partial charge in [-0.1, -0.05) is 19.8 Å². The minimum absolute atomic E-state index is 0.0747. The highest BCUT2D eigenvalue weighted by Crippen LogP contribution is 2.15. The van der Waals surface area contributed by atoms with Gasteiger partial charge in [0.1, 0.15) is 0 Å². The molecule has 1 saturated heterocycles. The maximum Gasteiger partial charge on any atom is 0.305 e.